The fourth-order valence-electron chi connectivity index (χ4n) is 1.14. The third kappa shape index (κ3) is 5.10. The molecule has 4 N–H and O–H groups in total. The molecular weight excluding hydrogens is 250 g/mol. The topological polar surface area (TPSA) is 67.2 Å². The monoisotopic (exact) mass is 267 g/mol. The number of benzene rings is 1. The number of carbonyl (C=O) groups excluding carboxylic acids is 1. The van der Waals surface area contributed by atoms with Crippen LogP contribution < -0.4 is 16.4 Å². The van der Waals surface area contributed by atoms with Gasteiger partial charge in [0.1, 0.15) is 0 Å². The summed E-state index contributed by atoms with van der Waals surface area (Å²) in [6.07, 6.45) is 3.52. The molecule has 0 aliphatic rings. The van der Waals surface area contributed by atoms with Crippen molar-refractivity contribution in [2.24, 2.45) is 5.41 Å². The van der Waals surface area contributed by atoms with E-state index in [1.165, 1.54) is 0 Å². The summed E-state index contributed by atoms with van der Waals surface area (Å²) in [7, 11) is 0. The average Bonchev–Trinajstić information content (AvgIpc) is 2.21. The van der Waals surface area contributed by atoms with Crippen molar-refractivity contribution in [2.45, 2.75) is 20.8 Å². The fraction of sp³-hybridized carbons (Fsp3) is 0.308. The molecule has 0 aromatic heterocycles. The first-order valence-electron chi connectivity index (χ1n) is 5.58. The second-order valence-electron chi connectivity index (χ2n) is 5.03. The lowest BCUT2D eigenvalue weighted by Gasteiger charge is -2.11. The predicted molar refractivity (Wildman–Crippen MR) is 76.6 cm³/mol. The number of hydrogen-bond acceptors (Lipinski definition) is 2. The summed E-state index contributed by atoms with van der Waals surface area (Å²) in [5, 5.41) is 5.69. The van der Waals surface area contributed by atoms with Gasteiger partial charge in [0.05, 0.1) is 10.7 Å². The van der Waals surface area contributed by atoms with Crippen LogP contribution >= 0.6 is 11.6 Å². The largest absolute Gasteiger partial charge is 0.398 e. The highest BCUT2D eigenvalue weighted by molar-refractivity contribution is 6.33. The van der Waals surface area contributed by atoms with Crippen LogP contribution in [0.1, 0.15) is 20.8 Å². The van der Waals surface area contributed by atoms with Crippen LogP contribution in [0.3, 0.4) is 0 Å². The number of nitrogen functional groups attached to an aromatic ring is 1. The fourth-order valence-corrected chi connectivity index (χ4v) is 1.32. The number of carbonyl (C=O) groups is 1. The molecule has 0 bridgehead atoms. The molecule has 1 aromatic rings. The molecular formula is C13H18ClN3O. The first kappa shape index (κ1) is 14.4. The van der Waals surface area contributed by atoms with Crippen LogP contribution in [0.25, 0.3) is 0 Å². The SMILES string of the molecule is CC(C)(C)/C=C/NC(=O)Nc1ccc(N)c(Cl)c1. The van der Waals surface area contributed by atoms with E-state index in [1.807, 2.05) is 26.8 Å². The first-order chi connectivity index (χ1) is 8.28. The van der Waals surface area contributed by atoms with Crippen LogP contribution in [0.15, 0.2) is 30.5 Å². The lowest BCUT2D eigenvalue weighted by Crippen LogP contribution is -2.24. The van der Waals surface area contributed by atoms with Crippen LogP contribution in [-0.2, 0) is 0 Å². The highest BCUT2D eigenvalue weighted by Gasteiger charge is 2.05. The summed E-state index contributed by atoms with van der Waals surface area (Å²) in [5.41, 5.74) is 6.68. The number of urea groups is 1. The zero-order valence-electron chi connectivity index (χ0n) is 10.8. The van der Waals surface area contributed by atoms with Crippen molar-refractivity contribution < 1.29 is 4.79 Å². The molecule has 0 atom stereocenters. The second kappa shape index (κ2) is 5.78. The highest BCUT2D eigenvalue weighted by atomic mass is 35.5. The summed E-state index contributed by atoms with van der Waals surface area (Å²) in [5.74, 6) is 0. The van der Waals surface area contributed by atoms with Gasteiger partial charge in [-0.3, -0.25) is 0 Å². The van der Waals surface area contributed by atoms with E-state index in [4.69, 9.17) is 17.3 Å². The Morgan fingerprint density at radius 2 is 2.06 bits per heavy atom. The van der Waals surface area contributed by atoms with Gasteiger partial charge < -0.3 is 16.4 Å². The Bertz CT molecular complexity index is 464. The molecule has 0 unspecified atom stereocenters. The molecule has 2 amide bonds. The molecule has 0 aliphatic heterocycles. The van der Waals surface area contributed by atoms with Crippen molar-refractivity contribution in [1.82, 2.24) is 5.32 Å². The van der Waals surface area contributed by atoms with Crippen LogP contribution in [0.5, 0.6) is 0 Å². The molecule has 18 heavy (non-hydrogen) atoms. The number of nitrogens with two attached hydrogens (primary N) is 1. The molecule has 0 fully saturated rings. The maximum absolute atomic E-state index is 11.5. The van der Waals surface area contributed by atoms with Gasteiger partial charge in [0, 0.05) is 11.9 Å². The molecule has 0 saturated carbocycles. The van der Waals surface area contributed by atoms with Crippen molar-refractivity contribution in [3.05, 3.63) is 35.5 Å². The molecule has 0 heterocycles. The predicted octanol–water partition coefficient (Wildman–Crippen LogP) is 3.60. The Labute approximate surface area is 112 Å². The van der Waals surface area contributed by atoms with Crippen LogP contribution in [0.4, 0.5) is 16.2 Å². The van der Waals surface area contributed by atoms with E-state index in [1.54, 1.807) is 24.4 Å². The van der Waals surface area contributed by atoms with Gasteiger partial charge in [0.15, 0.2) is 0 Å². The summed E-state index contributed by atoms with van der Waals surface area (Å²) in [6, 6.07) is 4.61. The van der Waals surface area contributed by atoms with Crippen LogP contribution in [-0.4, -0.2) is 6.03 Å². The van der Waals surface area contributed by atoms with E-state index in [0.29, 0.717) is 16.4 Å². The summed E-state index contributed by atoms with van der Waals surface area (Å²) in [6.45, 7) is 6.13. The molecule has 0 aliphatic carbocycles. The van der Waals surface area contributed by atoms with Crippen molar-refractivity contribution in [3.8, 4) is 0 Å². The number of halogens is 1. The van der Waals surface area contributed by atoms with Crippen LogP contribution in [0.2, 0.25) is 5.02 Å². The lowest BCUT2D eigenvalue weighted by atomic mass is 9.97. The van der Waals surface area contributed by atoms with Crippen molar-refractivity contribution >= 4 is 29.0 Å². The smallest absolute Gasteiger partial charge is 0.323 e. The maximum Gasteiger partial charge on any atom is 0.323 e. The van der Waals surface area contributed by atoms with Gasteiger partial charge in [0.2, 0.25) is 0 Å². The van der Waals surface area contributed by atoms with E-state index in [0.717, 1.165) is 0 Å². The highest BCUT2D eigenvalue weighted by Crippen LogP contribution is 2.22. The van der Waals surface area contributed by atoms with Crippen molar-refractivity contribution in [2.75, 3.05) is 11.1 Å². The van der Waals surface area contributed by atoms with Gasteiger partial charge in [-0.05, 0) is 23.6 Å². The van der Waals surface area contributed by atoms with Gasteiger partial charge in [-0.2, -0.15) is 0 Å². The molecule has 0 radical (unpaired) electrons. The number of amides is 2. The average molecular weight is 268 g/mol. The van der Waals surface area contributed by atoms with E-state index in [-0.39, 0.29) is 11.4 Å². The molecule has 98 valence electrons. The van der Waals surface area contributed by atoms with Gasteiger partial charge >= 0.3 is 6.03 Å². The third-order valence-electron chi connectivity index (χ3n) is 2.06. The zero-order valence-corrected chi connectivity index (χ0v) is 11.5. The first-order valence-corrected chi connectivity index (χ1v) is 5.96. The summed E-state index contributed by atoms with van der Waals surface area (Å²) in [4.78, 5) is 11.5. The minimum absolute atomic E-state index is 0.0256. The molecule has 1 aromatic carbocycles. The molecule has 1 rings (SSSR count). The van der Waals surface area contributed by atoms with E-state index >= 15 is 0 Å². The Morgan fingerprint density at radius 1 is 1.39 bits per heavy atom. The third-order valence-corrected chi connectivity index (χ3v) is 2.38. The lowest BCUT2D eigenvalue weighted by molar-refractivity contribution is 0.255. The number of hydrogen-bond donors (Lipinski definition) is 3. The minimum Gasteiger partial charge on any atom is -0.398 e. The molecule has 4 nitrogen and oxygen atoms in total. The Kier molecular flexibility index (Phi) is 4.62. The standard InChI is InChI=1S/C13H18ClN3O/c1-13(2,3)6-7-16-12(18)17-9-4-5-11(15)10(14)8-9/h4-8H,15H2,1-3H3,(H2,16,17,18)/b7-6+. The zero-order chi connectivity index (χ0) is 13.8. The second-order valence-corrected chi connectivity index (χ2v) is 5.44. The normalized spacial score (nSPS) is 11.6. The van der Waals surface area contributed by atoms with Gasteiger partial charge in [-0.1, -0.05) is 38.4 Å². The summed E-state index contributed by atoms with van der Waals surface area (Å²) < 4.78 is 0. The Morgan fingerprint density at radius 3 is 2.61 bits per heavy atom. The van der Waals surface area contributed by atoms with Gasteiger partial charge in [0.25, 0.3) is 0 Å². The quantitative estimate of drug-likeness (QED) is 0.717. The van der Waals surface area contributed by atoms with E-state index < -0.39 is 0 Å². The van der Waals surface area contributed by atoms with E-state index in [9.17, 15) is 4.79 Å². The minimum atomic E-state index is -0.323. The Balaban J connectivity index is 2.55. The maximum atomic E-state index is 11.5. The number of nitrogens with one attached hydrogen (secondary N) is 2. The number of rotatable bonds is 2. The van der Waals surface area contributed by atoms with Crippen molar-refractivity contribution in [1.29, 1.82) is 0 Å². The Hall–Kier alpha value is -1.68. The van der Waals surface area contributed by atoms with Crippen LogP contribution in [0, 0.1) is 5.41 Å². The van der Waals surface area contributed by atoms with Crippen molar-refractivity contribution in [3.63, 3.8) is 0 Å². The summed E-state index contributed by atoms with van der Waals surface area (Å²) >= 11 is 5.85. The van der Waals surface area contributed by atoms with Gasteiger partial charge in [-0.15, -0.1) is 0 Å². The number of anilines is 2. The number of allylic oxidation sites excluding steroid dienone is 1. The molecule has 0 saturated heterocycles. The molecule has 0 spiro atoms. The van der Waals surface area contributed by atoms with E-state index in [2.05, 4.69) is 10.6 Å². The molecule has 5 heteroatoms. The van der Waals surface area contributed by atoms with Gasteiger partial charge in [-0.25, -0.2) is 4.79 Å².